The van der Waals surface area contributed by atoms with Gasteiger partial charge < -0.3 is 15.3 Å². The Kier molecular flexibility index (Phi) is 3.46. The number of nitrogens with one attached hydrogen (secondary N) is 1. The van der Waals surface area contributed by atoms with Crippen molar-refractivity contribution >= 4 is 5.69 Å². The molecule has 0 aromatic heterocycles. The normalized spacial score (nSPS) is 22.4. The monoisotopic (exact) mass is 220 g/mol. The maximum Gasteiger partial charge on any atom is 0.0731 e. The van der Waals surface area contributed by atoms with Gasteiger partial charge in [0, 0.05) is 24.8 Å². The first-order chi connectivity index (χ1) is 7.70. The van der Waals surface area contributed by atoms with E-state index < -0.39 is 0 Å². The molecule has 88 valence electrons. The van der Waals surface area contributed by atoms with Crippen LogP contribution in [0.3, 0.4) is 0 Å². The molecule has 1 aliphatic heterocycles. The minimum atomic E-state index is -0.157. The SMILES string of the molecule is CNC(C)c1ccc(N2CC[C@H](O)C2)cc1. The Balaban J connectivity index is 2.07. The van der Waals surface area contributed by atoms with Gasteiger partial charge in [0.15, 0.2) is 0 Å². The minimum Gasteiger partial charge on any atom is -0.391 e. The molecule has 1 heterocycles. The minimum absolute atomic E-state index is 0.157. The predicted octanol–water partition coefficient (Wildman–Crippen LogP) is 1.54. The Morgan fingerprint density at radius 2 is 2.06 bits per heavy atom. The second-order valence-electron chi connectivity index (χ2n) is 4.49. The van der Waals surface area contributed by atoms with E-state index in [9.17, 15) is 5.11 Å². The van der Waals surface area contributed by atoms with Gasteiger partial charge in [-0.1, -0.05) is 12.1 Å². The fourth-order valence-electron chi connectivity index (χ4n) is 2.12. The maximum absolute atomic E-state index is 9.49. The van der Waals surface area contributed by atoms with E-state index in [-0.39, 0.29) is 6.10 Å². The molecule has 0 amide bonds. The van der Waals surface area contributed by atoms with Crippen molar-refractivity contribution in [2.24, 2.45) is 0 Å². The molecular formula is C13H20N2O. The highest BCUT2D eigenvalue weighted by atomic mass is 16.3. The molecule has 3 heteroatoms. The van der Waals surface area contributed by atoms with Gasteiger partial charge in [0.25, 0.3) is 0 Å². The van der Waals surface area contributed by atoms with Crippen LogP contribution in [0.2, 0.25) is 0 Å². The molecule has 0 bridgehead atoms. The molecule has 2 rings (SSSR count). The number of β-amino-alcohol motifs (C(OH)–C–C–N with tert-alkyl or cyclic N) is 1. The molecule has 0 saturated carbocycles. The van der Waals surface area contributed by atoms with Crippen LogP contribution < -0.4 is 10.2 Å². The Bertz CT molecular complexity index is 336. The van der Waals surface area contributed by atoms with Crippen LogP contribution in [0.4, 0.5) is 5.69 Å². The first kappa shape index (κ1) is 11.4. The highest BCUT2D eigenvalue weighted by molar-refractivity contribution is 5.49. The number of hydrogen-bond acceptors (Lipinski definition) is 3. The average Bonchev–Trinajstić information content (AvgIpc) is 2.75. The van der Waals surface area contributed by atoms with Crippen molar-refractivity contribution in [3.63, 3.8) is 0 Å². The summed E-state index contributed by atoms with van der Waals surface area (Å²) < 4.78 is 0. The fourth-order valence-corrected chi connectivity index (χ4v) is 2.12. The molecule has 2 N–H and O–H groups in total. The van der Waals surface area contributed by atoms with Gasteiger partial charge in [-0.3, -0.25) is 0 Å². The Morgan fingerprint density at radius 1 is 1.38 bits per heavy atom. The van der Waals surface area contributed by atoms with E-state index in [2.05, 4.69) is 41.4 Å². The number of aliphatic hydroxyl groups is 1. The second kappa shape index (κ2) is 4.85. The van der Waals surface area contributed by atoms with E-state index in [1.54, 1.807) is 0 Å². The summed E-state index contributed by atoms with van der Waals surface area (Å²) >= 11 is 0. The Labute approximate surface area is 97.1 Å². The molecule has 1 fully saturated rings. The summed E-state index contributed by atoms with van der Waals surface area (Å²) in [4.78, 5) is 2.23. The van der Waals surface area contributed by atoms with Gasteiger partial charge in [0.2, 0.25) is 0 Å². The summed E-state index contributed by atoms with van der Waals surface area (Å²) in [5.41, 5.74) is 2.51. The Hall–Kier alpha value is -1.06. The van der Waals surface area contributed by atoms with Gasteiger partial charge in [-0.25, -0.2) is 0 Å². The van der Waals surface area contributed by atoms with Crippen LogP contribution in [-0.4, -0.2) is 31.3 Å². The largest absolute Gasteiger partial charge is 0.391 e. The van der Waals surface area contributed by atoms with Crippen molar-refractivity contribution in [1.29, 1.82) is 0 Å². The first-order valence-electron chi connectivity index (χ1n) is 5.91. The smallest absolute Gasteiger partial charge is 0.0731 e. The van der Waals surface area contributed by atoms with Gasteiger partial charge in [-0.05, 0) is 38.1 Å². The van der Waals surface area contributed by atoms with E-state index in [0.717, 1.165) is 19.5 Å². The molecule has 2 atom stereocenters. The van der Waals surface area contributed by atoms with Crippen molar-refractivity contribution in [1.82, 2.24) is 5.32 Å². The number of aliphatic hydroxyl groups excluding tert-OH is 1. The van der Waals surface area contributed by atoms with Crippen LogP contribution in [0.1, 0.15) is 24.9 Å². The summed E-state index contributed by atoms with van der Waals surface area (Å²) in [6.45, 7) is 3.87. The fraction of sp³-hybridized carbons (Fsp3) is 0.538. The zero-order chi connectivity index (χ0) is 11.5. The van der Waals surface area contributed by atoms with Gasteiger partial charge in [-0.15, -0.1) is 0 Å². The zero-order valence-electron chi connectivity index (χ0n) is 9.98. The molecule has 1 aromatic carbocycles. The quantitative estimate of drug-likeness (QED) is 0.811. The molecule has 1 aromatic rings. The standard InChI is InChI=1S/C13H20N2O/c1-10(14-2)11-3-5-12(6-4-11)15-8-7-13(16)9-15/h3-6,10,13-14,16H,7-9H2,1-2H3/t10?,13-/m0/s1. The number of rotatable bonds is 3. The van der Waals surface area contributed by atoms with E-state index in [1.165, 1.54) is 11.3 Å². The van der Waals surface area contributed by atoms with Crippen molar-refractivity contribution in [2.45, 2.75) is 25.5 Å². The molecule has 0 aliphatic carbocycles. The highest BCUT2D eigenvalue weighted by Gasteiger charge is 2.20. The molecule has 3 nitrogen and oxygen atoms in total. The van der Waals surface area contributed by atoms with Crippen molar-refractivity contribution < 1.29 is 5.11 Å². The van der Waals surface area contributed by atoms with Gasteiger partial charge >= 0.3 is 0 Å². The average molecular weight is 220 g/mol. The summed E-state index contributed by atoms with van der Waals surface area (Å²) in [6.07, 6.45) is 0.727. The highest BCUT2D eigenvalue weighted by Crippen LogP contribution is 2.22. The van der Waals surface area contributed by atoms with Crippen LogP contribution in [-0.2, 0) is 0 Å². The van der Waals surface area contributed by atoms with E-state index in [4.69, 9.17) is 0 Å². The van der Waals surface area contributed by atoms with Gasteiger partial charge in [0.05, 0.1) is 6.10 Å². The number of anilines is 1. The van der Waals surface area contributed by atoms with Crippen molar-refractivity contribution in [3.8, 4) is 0 Å². The Morgan fingerprint density at radius 3 is 2.56 bits per heavy atom. The molecule has 1 unspecified atom stereocenters. The van der Waals surface area contributed by atoms with Crippen LogP contribution in [0.15, 0.2) is 24.3 Å². The number of hydrogen-bond donors (Lipinski definition) is 2. The molecule has 0 spiro atoms. The molecule has 1 saturated heterocycles. The lowest BCUT2D eigenvalue weighted by Crippen LogP contribution is -2.21. The molecule has 1 aliphatic rings. The van der Waals surface area contributed by atoms with Crippen molar-refractivity contribution in [3.05, 3.63) is 29.8 Å². The van der Waals surface area contributed by atoms with Crippen LogP contribution >= 0.6 is 0 Å². The topological polar surface area (TPSA) is 35.5 Å². The summed E-state index contributed by atoms with van der Waals surface area (Å²) in [5.74, 6) is 0. The lowest BCUT2D eigenvalue weighted by Gasteiger charge is -2.19. The maximum atomic E-state index is 9.49. The zero-order valence-corrected chi connectivity index (χ0v) is 9.98. The van der Waals surface area contributed by atoms with Crippen LogP contribution in [0.5, 0.6) is 0 Å². The van der Waals surface area contributed by atoms with E-state index in [0.29, 0.717) is 6.04 Å². The summed E-state index contributed by atoms with van der Waals surface area (Å²) in [6, 6.07) is 8.98. The third-order valence-electron chi connectivity index (χ3n) is 3.35. The van der Waals surface area contributed by atoms with Gasteiger partial charge in [0.1, 0.15) is 0 Å². The lowest BCUT2D eigenvalue weighted by atomic mass is 10.1. The first-order valence-corrected chi connectivity index (χ1v) is 5.91. The van der Waals surface area contributed by atoms with E-state index in [1.807, 2.05) is 7.05 Å². The van der Waals surface area contributed by atoms with E-state index >= 15 is 0 Å². The van der Waals surface area contributed by atoms with Crippen LogP contribution in [0.25, 0.3) is 0 Å². The predicted molar refractivity (Wildman–Crippen MR) is 66.8 cm³/mol. The lowest BCUT2D eigenvalue weighted by molar-refractivity contribution is 0.198. The number of nitrogens with zero attached hydrogens (tertiary/aromatic N) is 1. The van der Waals surface area contributed by atoms with Gasteiger partial charge in [-0.2, -0.15) is 0 Å². The molecule has 0 radical (unpaired) electrons. The molecule has 16 heavy (non-hydrogen) atoms. The second-order valence-corrected chi connectivity index (χ2v) is 4.49. The van der Waals surface area contributed by atoms with Crippen LogP contribution in [0, 0.1) is 0 Å². The summed E-state index contributed by atoms with van der Waals surface area (Å²) in [5, 5.41) is 12.7. The third kappa shape index (κ3) is 2.36. The molecular weight excluding hydrogens is 200 g/mol. The number of benzene rings is 1. The third-order valence-corrected chi connectivity index (χ3v) is 3.35. The van der Waals surface area contributed by atoms with Crippen molar-refractivity contribution in [2.75, 3.05) is 25.0 Å². The summed E-state index contributed by atoms with van der Waals surface area (Å²) in [7, 11) is 1.97.